The van der Waals surface area contributed by atoms with E-state index in [0.29, 0.717) is 5.92 Å². The molecule has 0 heterocycles. The fourth-order valence-corrected chi connectivity index (χ4v) is 1.32. The standard InChI is InChI=1S/C10H14/c1-4-10-6-5-8(2)7-9(10)3/h4-6,8H,1,7H2,2-3H3. The van der Waals surface area contributed by atoms with Gasteiger partial charge in [0.15, 0.2) is 0 Å². The van der Waals surface area contributed by atoms with Crippen LogP contribution in [0.15, 0.2) is 36.0 Å². The topological polar surface area (TPSA) is 0 Å². The maximum Gasteiger partial charge on any atom is -0.0221 e. The van der Waals surface area contributed by atoms with E-state index >= 15 is 0 Å². The largest absolute Gasteiger partial charge is 0.0985 e. The van der Waals surface area contributed by atoms with Gasteiger partial charge in [0.1, 0.15) is 0 Å². The van der Waals surface area contributed by atoms with Crippen LogP contribution in [0.5, 0.6) is 0 Å². The average molecular weight is 134 g/mol. The van der Waals surface area contributed by atoms with Crippen LogP contribution in [0.3, 0.4) is 0 Å². The minimum atomic E-state index is 0.712. The first kappa shape index (κ1) is 7.33. The molecule has 0 aromatic heterocycles. The van der Waals surface area contributed by atoms with Crippen LogP contribution in [-0.4, -0.2) is 0 Å². The second-order valence-corrected chi connectivity index (χ2v) is 2.98. The van der Waals surface area contributed by atoms with Crippen molar-refractivity contribution in [2.45, 2.75) is 20.3 Å². The van der Waals surface area contributed by atoms with Gasteiger partial charge in [0, 0.05) is 0 Å². The summed E-state index contributed by atoms with van der Waals surface area (Å²) >= 11 is 0. The highest BCUT2D eigenvalue weighted by atomic mass is 14.1. The van der Waals surface area contributed by atoms with Gasteiger partial charge in [-0.1, -0.05) is 37.3 Å². The Kier molecular flexibility index (Phi) is 2.10. The van der Waals surface area contributed by atoms with Gasteiger partial charge in [0.2, 0.25) is 0 Å². The van der Waals surface area contributed by atoms with E-state index in [9.17, 15) is 0 Å². The molecule has 0 aromatic carbocycles. The minimum Gasteiger partial charge on any atom is -0.0985 e. The molecule has 0 radical (unpaired) electrons. The molecule has 0 fully saturated rings. The molecular weight excluding hydrogens is 120 g/mol. The van der Waals surface area contributed by atoms with E-state index in [4.69, 9.17) is 0 Å². The molecule has 1 rings (SSSR count). The fourth-order valence-electron chi connectivity index (χ4n) is 1.32. The Morgan fingerprint density at radius 2 is 2.40 bits per heavy atom. The molecule has 1 unspecified atom stereocenters. The summed E-state index contributed by atoms with van der Waals surface area (Å²) < 4.78 is 0. The first-order chi connectivity index (χ1) is 4.74. The van der Waals surface area contributed by atoms with Crippen molar-refractivity contribution in [3.8, 4) is 0 Å². The zero-order valence-electron chi connectivity index (χ0n) is 6.72. The summed E-state index contributed by atoms with van der Waals surface area (Å²) in [7, 11) is 0. The molecule has 1 atom stereocenters. The maximum atomic E-state index is 3.75. The van der Waals surface area contributed by atoms with Gasteiger partial charge in [-0.3, -0.25) is 0 Å². The van der Waals surface area contributed by atoms with E-state index in [1.807, 2.05) is 6.08 Å². The van der Waals surface area contributed by atoms with Crippen molar-refractivity contribution < 1.29 is 0 Å². The predicted octanol–water partition coefficient (Wildman–Crippen LogP) is 3.08. The summed E-state index contributed by atoms with van der Waals surface area (Å²) in [5, 5.41) is 0. The number of hydrogen-bond donors (Lipinski definition) is 0. The fraction of sp³-hybridized carbons (Fsp3) is 0.400. The number of hydrogen-bond acceptors (Lipinski definition) is 0. The second-order valence-electron chi connectivity index (χ2n) is 2.98. The van der Waals surface area contributed by atoms with Crippen molar-refractivity contribution in [3.63, 3.8) is 0 Å². The van der Waals surface area contributed by atoms with Gasteiger partial charge in [-0.15, -0.1) is 0 Å². The molecule has 0 saturated carbocycles. The van der Waals surface area contributed by atoms with Gasteiger partial charge in [0.25, 0.3) is 0 Å². The Labute approximate surface area is 62.9 Å². The zero-order chi connectivity index (χ0) is 7.56. The first-order valence-corrected chi connectivity index (χ1v) is 3.74. The van der Waals surface area contributed by atoms with E-state index in [1.54, 1.807) is 0 Å². The SMILES string of the molecule is C=CC1=C(C)CC(C)C=C1. The molecule has 0 heteroatoms. The van der Waals surface area contributed by atoms with Crippen molar-refractivity contribution in [1.29, 1.82) is 0 Å². The molecule has 0 bridgehead atoms. The Balaban J connectivity index is 2.82. The van der Waals surface area contributed by atoms with E-state index in [-0.39, 0.29) is 0 Å². The molecule has 0 aromatic rings. The van der Waals surface area contributed by atoms with E-state index in [1.165, 1.54) is 17.6 Å². The van der Waals surface area contributed by atoms with E-state index in [2.05, 4.69) is 32.6 Å². The predicted molar refractivity (Wildman–Crippen MR) is 45.8 cm³/mol. The van der Waals surface area contributed by atoms with Crippen LogP contribution in [-0.2, 0) is 0 Å². The molecule has 0 saturated heterocycles. The molecule has 0 nitrogen and oxygen atoms in total. The molecule has 0 spiro atoms. The smallest absolute Gasteiger partial charge is 0.0221 e. The monoisotopic (exact) mass is 134 g/mol. The Hall–Kier alpha value is -0.780. The third kappa shape index (κ3) is 1.38. The minimum absolute atomic E-state index is 0.712. The van der Waals surface area contributed by atoms with Crippen molar-refractivity contribution in [2.24, 2.45) is 5.92 Å². The lowest BCUT2D eigenvalue weighted by atomic mass is 9.92. The highest BCUT2D eigenvalue weighted by Crippen LogP contribution is 2.22. The maximum absolute atomic E-state index is 3.75. The van der Waals surface area contributed by atoms with Gasteiger partial charge in [-0.05, 0) is 24.8 Å². The van der Waals surface area contributed by atoms with Gasteiger partial charge < -0.3 is 0 Å². The molecule has 0 aliphatic heterocycles. The van der Waals surface area contributed by atoms with Crippen molar-refractivity contribution in [1.82, 2.24) is 0 Å². The highest BCUT2D eigenvalue weighted by Gasteiger charge is 2.05. The van der Waals surface area contributed by atoms with E-state index in [0.717, 1.165) is 0 Å². The van der Waals surface area contributed by atoms with Gasteiger partial charge in [-0.25, -0.2) is 0 Å². The second kappa shape index (κ2) is 2.87. The summed E-state index contributed by atoms with van der Waals surface area (Å²) in [6.45, 7) is 8.16. The highest BCUT2D eigenvalue weighted by molar-refractivity contribution is 5.36. The van der Waals surface area contributed by atoms with Crippen LogP contribution in [0.2, 0.25) is 0 Å². The Bertz CT molecular complexity index is 194. The van der Waals surface area contributed by atoms with Crippen LogP contribution >= 0.6 is 0 Å². The Morgan fingerprint density at radius 3 is 2.90 bits per heavy atom. The molecule has 54 valence electrons. The summed E-state index contributed by atoms with van der Waals surface area (Å²) in [6, 6.07) is 0. The van der Waals surface area contributed by atoms with Crippen LogP contribution in [0.4, 0.5) is 0 Å². The summed E-state index contributed by atoms with van der Waals surface area (Å²) in [5.74, 6) is 0.712. The van der Waals surface area contributed by atoms with Crippen molar-refractivity contribution >= 4 is 0 Å². The first-order valence-electron chi connectivity index (χ1n) is 3.74. The summed E-state index contributed by atoms with van der Waals surface area (Å²) in [4.78, 5) is 0. The lowest BCUT2D eigenvalue weighted by Crippen LogP contribution is -1.97. The van der Waals surface area contributed by atoms with Gasteiger partial charge >= 0.3 is 0 Å². The number of rotatable bonds is 1. The van der Waals surface area contributed by atoms with Crippen LogP contribution in [0.25, 0.3) is 0 Å². The summed E-state index contributed by atoms with van der Waals surface area (Å²) in [5.41, 5.74) is 2.77. The third-order valence-electron chi connectivity index (χ3n) is 1.95. The summed E-state index contributed by atoms with van der Waals surface area (Å²) in [6.07, 6.45) is 7.52. The lowest BCUT2D eigenvalue weighted by Gasteiger charge is -2.14. The van der Waals surface area contributed by atoms with Gasteiger partial charge in [-0.2, -0.15) is 0 Å². The zero-order valence-corrected chi connectivity index (χ0v) is 6.72. The van der Waals surface area contributed by atoms with Crippen LogP contribution < -0.4 is 0 Å². The normalized spacial score (nSPS) is 25.2. The molecule has 0 N–H and O–H groups in total. The Morgan fingerprint density at radius 1 is 1.70 bits per heavy atom. The van der Waals surface area contributed by atoms with E-state index < -0.39 is 0 Å². The molecule has 1 aliphatic carbocycles. The molecule has 0 amide bonds. The number of allylic oxidation sites excluding steroid dienone is 5. The van der Waals surface area contributed by atoms with Gasteiger partial charge in [0.05, 0.1) is 0 Å². The van der Waals surface area contributed by atoms with Crippen molar-refractivity contribution in [3.05, 3.63) is 36.0 Å². The average Bonchev–Trinajstić information content (AvgIpc) is 1.88. The van der Waals surface area contributed by atoms with Crippen LogP contribution in [0.1, 0.15) is 20.3 Å². The quantitative estimate of drug-likeness (QED) is 0.517. The third-order valence-corrected chi connectivity index (χ3v) is 1.95. The molecule has 1 aliphatic rings. The van der Waals surface area contributed by atoms with Crippen LogP contribution in [0, 0.1) is 5.92 Å². The molecular formula is C10H14. The van der Waals surface area contributed by atoms with Crippen molar-refractivity contribution in [2.75, 3.05) is 0 Å². The molecule has 10 heavy (non-hydrogen) atoms. The lowest BCUT2D eigenvalue weighted by molar-refractivity contribution is 0.703.